The highest BCUT2D eigenvalue weighted by molar-refractivity contribution is 4.95. The van der Waals surface area contributed by atoms with Gasteiger partial charge in [0, 0.05) is 19.2 Å². The highest BCUT2D eigenvalue weighted by atomic mass is 16.4. The average molecular weight is 251 g/mol. The summed E-state index contributed by atoms with van der Waals surface area (Å²) in [5.41, 5.74) is 0.825. The Morgan fingerprint density at radius 2 is 2.33 bits per heavy atom. The molecule has 7 nitrogen and oxygen atoms in total. The number of oxazole rings is 1. The van der Waals surface area contributed by atoms with Crippen molar-refractivity contribution in [1.29, 1.82) is 0 Å². The number of aromatic nitrogens is 4. The molecule has 18 heavy (non-hydrogen) atoms. The van der Waals surface area contributed by atoms with Crippen molar-refractivity contribution in [1.82, 2.24) is 25.3 Å². The smallest absolute Gasteiger partial charge is 0.208 e. The first-order valence-electron chi connectivity index (χ1n) is 5.96. The molecule has 0 radical (unpaired) electrons. The van der Waals surface area contributed by atoms with Crippen LogP contribution >= 0.6 is 0 Å². The maximum absolute atomic E-state index is 8.75. The zero-order valence-electron chi connectivity index (χ0n) is 10.3. The van der Waals surface area contributed by atoms with E-state index in [0.717, 1.165) is 17.9 Å². The number of aliphatic hydroxyl groups excluding tert-OH is 1. The first-order valence-corrected chi connectivity index (χ1v) is 5.96. The molecular formula is C11H17N5O2. The van der Waals surface area contributed by atoms with Gasteiger partial charge in [-0.05, 0) is 0 Å². The van der Waals surface area contributed by atoms with E-state index in [9.17, 15) is 0 Å². The van der Waals surface area contributed by atoms with Crippen LogP contribution in [0.5, 0.6) is 0 Å². The SMILES string of the molecule is CCc1cnc(CNCc2cn(CCO)nn2)o1. The van der Waals surface area contributed by atoms with Gasteiger partial charge in [0.05, 0.1) is 31.6 Å². The van der Waals surface area contributed by atoms with Crippen LogP contribution in [0.15, 0.2) is 16.8 Å². The Bertz CT molecular complexity index is 479. The lowest BCUT2D eigenvalue weighted by atomic mass is 10.4. The van der Waals surface area contributed by atoms with E-state index in [4.69, 9.17) is 9.52 Å². The zero-order chi connectivity index (χ0) is 12.8. The molecule has 0 saturated carbocycles. The van der Waals surface area contributed by atoms with Crippen molar-refractivity contribution in [3.05, 3.63) is 29.7 Å². The van der Waals surface area contributed by atoms with E-state index in [1.807, 2.05) is 6.92 Å². The fourth-order valence-corrected chi connectivity index (χ4v) is 1.52. The number of aryl methyl sites for hydroxylation is 1. The van der Waals surface area contributed by atoms with Crippen LogP contribution < -0.4 is 5.32 Å². The molecule has 98 valence electrons. The summed E-state index contributed by atoms with van der Waals surface area (Å²) in [6.45, 7) is 3.71. The van der Waals surface area contributed by atoms with Gasteiger partial charge in [-0.1, -0.05) is 12.1 Å². The molecule has 0 atom stereocenters. The van der Waals surface area contributed by atoms with Gasteiger partial charge in [0.2, 0.25) is 5.89 Å². The van der Waals surface area contributed by atoms with Crippen molar-refractivity contribution >= 4 is 0 Å². The Morgan fingerprint density at radius 3 is 3.06 bits per heavy atom. The molecule has 0 amide bonds. The maximum Gasteiger partial charge on any atom is 0.208 e. The van der Waals surface area contributed by atoms with Gasteiger partial charge in [0.1, 0.15) is 5.76 Å². The normalized spacial score (nSPS) is 11.0. The summed E-state index contributed by atoms with van der Waals surface area (Å²) in [4.78, 5) is 4.15. The summed E-state index contributed by atoms with van der Waals surface area (Å²) in [7, 11) is 0. The minimum absolute atomic E-state index is 0.0618. The lowest BCUT2D eigenvalue weighted by molar-refractivity contribution is 0.268. The van der Waals surface area contributed by atoms with Crippen molar-refractivity contribution in [3.8, 4) is 0 Å². The van der Waals surface area contributed by atoms with Crippen LogP contribution in [0, 0.1) is 0 Å². The summed E-state index contributed by atoms with van der Waals surface area (Å²) in [6.07, 6.45) is 4.40. The molecule has 0 aliphatic heterocycles. The van der Waals surface area contributed by atoms with E-state index < -0.39 is 0 Å². The van der Waals surface area contributed by atoms with Crippen LogP contribution in [0.25, 0.3) is 0 Å². The molecule has 2 aromatic heterocycles. The second-order valence-corrected chi connectivity index (χ2v) is 3.87. The number of hydrogen-bond acceptors (Lipinski definition) is 6. The van der Waals surface area contributed by atoms with Crippen molar-refractivity contribution in [3.63, 3.8) is 0 Å². The summed E-state index contributed by atoms with van der Waals surface area (Å²) in [5, 5.41) is 19.8. The molecule has 0 spiro atoms. The number of rotatable bonds is 7. The average Bonchev–Trinajstić information content (AvgIpc) is 2.99. The van der Waals surface area contributed by atoms with Crippen LogP contribution in [0.4, 0.5) is 0 Å². The highest BCUT2D eigenvalue weighted by Gasteiger charge is 2.03. The molecule has 0 unspecified atom stereocenters. The number of hydrogen-bond donors (Lipinski definition) is 2. The highest BCUT2D eigenvalue weighted by Crippen LogP contribution is 2.03. The zero-order valence-corrected chi connectivity index (χ0v) is 10.3. The monoisotopic (exact) mass is 251 g/mol. The van der Waals surface area contributed by atoms with E-state index in [0.29, 0.717) is 25.5 Å². The lowest BCUT2D eigenvalue weighted by Gasteiger charge is -1.98. The minimum Gasteiger partial charge on any atom is -0.444 e. The van der Waals surface area contributed by atoms with Gasteiger partial charge in [-0.15, -0.1) is 5.10 Å². The number of aliphatic hydroxyl groups is 1. The first kappa shape index (κ1) is 12.7. The summed E-state index contributed by atoms with van der Waals surface area (Å²) < 4.78 is 7.08. The van der Waals surface area contributed by atoms with Crippen molar-refractivity contribution in [2.75, 3.05) is 6.61 Å². The fraction of sp³-hybridized carbons (Fsp3) is 0.545. The minimum atomic E-state index is 0.0618. The van der Waals surface area contributed by atoms with Crippen molar-refractivity contribution < 1.29 is 9.52 Å². The van der Waals surface area contributed by atoms with Gasteiger partial charge in [0.25, 0.3) is 0 Å². The standard InChI is InChI=1S/C11H17N5O2/c1-2-10-6-13-11(18-10)7-12-5-9-8-16(3-4-17)15-14-9/h6,8,12,17H,2-5,7H2,1H3. The van der Waals surface area contributed by atoms with Crippen LogP contribution in [0.2, 0.25) is 0 Å². The molecule has 2 N–H and O–H groups in total. The molecule has 2 rings (SSSR count). The number of nitrogens with one attached hydrogen (secondary N) is 1. The lowest BCUT2D eigenvalue weighted by Crippen LogP contribution is -2.13. The van der Waals surface area contributed by atoms with E-state index in [-0.39, 0.29) is 6.61 Å². The Balaban J connectivity index is 1.77. The summed E-state index contributed by atoms with van der Waals surface area (Å²) >= 11 is 0. The van der Waals surface area contributed by atoms with Crippen LogP contribution in [0.1, 0.15) is 24.3 Å². The predicted octanol–water partition coefficient (Wildman–Crippen LogP) is 0.111. The Hall–Kier alpha value is -1.73. The van der Waals surface area contributed by atoms with E-state index in [2.05, 4.69) is 20.6 Å². The molecule has 0 saturated heterocycles. The van der Waals surface area contributed by atoms with Crippen molar-refractivity contribution in [2.45, 2.75) is 33.0 Å². The van der Waals surface area contributed by atoms with Crippen molar-refractivity contribution in [2.24, 2.45) is 0 Å². The van der Waals surface area contributed by atoms with Gasteiger partial charge in [-0.25, -0.2) is 9.67 Å². The Labute approximate surface area is 105 Å². The molecule has 0 aromatic carbocycles. The molecule has 0 fully saturated rings. The van der Waals surface area contributed by atoms with E-state index in [1.54, 1.807) is 17.1 Å². The third-order valence-corrected chi connectivity index (χ3v) is 2.45. The summed E-state index contributed by atoms with van der Waals surface area (Å²) in [5.74, 6) is 1.57. The topological polar surface area (TPSA) is 89.0 Å². The van der Waals surface area contributed by atoms with Crippen LogP contribution in [-0.2, 0) is 26.1 Å². The largest absolute Gasteiger partial charge is 0.444 e. The van der Waals surface area contributed by atoms with Gasteiger partial charge in [0.15, 0.2) is 0 Å². The maximum atomic E-state index is 8.75. The Morgan fingerprint density at radius 1 is 1.44 bits per heavy atom. The second kappa shape index (κ2) is 6.27. The quantitative estimate of drug-likeness (QED) is 0.726. The molecule has 0 bridgehead atoms. The third kappa shape index (κ3) is 3.38. The summed E-state index contributed by atoms with van der Waals surface area (Å²) in [6, 6.07) is 0. The molecule has 0 aliphatic carbocycles. The third-order valence-electron chi connectivity index (χ3n) is 2.45. The first-order chi connectivity index (χ1) is 8.81. The molecule has 2 heterocycles. The number of nitrogens with zero attached hydrogens (tertiary/aromatic N) is 4. The second-order valence-electron chi connectivity index (χ2n) is 3.87. The van der Waals surface area contributed by atoms with Gasteiger partial charge < -0.3 is 14.8 Å². The molecule has 7 heteroatoms. The van der Waals surface area contributed by atoms with Crippen LogP contribution in [-0.4, -0.2) is 31.7 Å². The molecule has 2 aromatic rings. The fourth-order valence-electron chi connectivity index (χ4n) is 1.52. The molecular weight excluding hydrogens is 234 g/mol. The predicted molar refractivity (Wildman–Crippen MR) is 63.5 cm³/mol. The molecule has 0 aliphatic rings. The Kier molecular flexibility index (Phi) is 4.43. The van der Waals surface area contributed by atoms with Crippen LogP contribution in [0.3, 0.4) is 0 Å². The van der Waals surface area contributed by atoms with Gasteiger partial charge in [-0.3, -0.25) is 0 Å². The van der Waals surface area contributed by atoms with E-state index in [1.165, 1.54) is 0 Å². The van der Waals surface area contributed by atoms with E-state index >= 15 is 0 Å². The van der Waals surface area contributed by atoms with Gasteiger partial charge in [-0.2, -0.15) is 0 Å². The van der Waals surface area contributed by atoms with Gasteiger partial charge >= 0.3 is 0 Å².